The monoisotopic (exact) mass is 170 g/mol. The second-order valence-corrected chi connectivity index (χ2v) is 3.96. The number of hydrogen-bond acceptors (Lipinski definition) is 2. The van der Waals surface area contributed by atoms with Crippen molar-refractivity contribution in [2.45, 2.75) is 39.3 Å². The average molecular weight is 170 g/mol. The third-order valence-corrected chi connectivity index (χ3v) is 2.16. The highest BCUT2D eigenvalue weighted by molar-refractivity contribution is 5.82. The van der Waals surface area contributed by atoms with Crippen LogP contribution in [0.5, 0.6) is 0 Å². The van der Waals surface area contributed by atoms with Crippen LogP contribution in [0.3, 0.4) is 0 Å². The molecule has 3 heteroatoms. The van der Waals surface area contributed by atoms with Crippen LogP contribution in [-0.4, -0.2) is 24.5 Å². The smallest absolute Gasteiger partial charge is 0.236 e. The van der Waals surface area contributed by atoms with Crippen molar-refractivity contribution >= 4 is 5.91 Å². The predicted octanol–water partition coefficient (Wildman–Crippen LogP) is 0.509. The molecule has 0 spiro atoms. The van der Waals surface area contributed by atoms with E-state index in [4.69, 9.17) is 0 Å². The molecule has 2 N–H and O–H groups in total. The number of carbonyl (C=O) groups is 1. The van der Waals surface area contributed by atoms with Crippen molar-refractivity contribution in [1.82, 2.24) is 10.6 Å². The summed E-state index contributed by atoms with van der Waals surface area (Å²) in [5.74, 6) is 0.805. The standard InChI is InChI=1S/C9H18N2O/c1-6(2)4-8-5-10-9(12)7(3)11-8/h6-8,11H,4-5H2,1-3H3,(H,10,12). The molecular weight excluding hydrogens is 152 g/mol. The molecule has 2 unspecified atom stereocenters. The summed E-state index contributed by atoms with van der Waals surface area (Å²) < 4.78 is 0. The van der Waals surface area contributed by atoms with Crippen LogP contribution in [0, 0.1) is 5.92 Å². The van der Waals surface area contributed by atoms with E-state index in [1.165, 1.54) is 0 Å². The normalized spacial score (nSPS) is 30.5. The molecule has 0 saturated carbocycles. The van der Waals surface area contributed by atoms with Gasteiger partial charge in [0.15, 0.2) is 0 Å². The molecule has 0 aromatic heterocycles. The number of carbonyl (C=O) groups excluding carboxylic acids is 1. The third-order valence-electron chi connectivity index (χ3n) is 2.16. The first-order valence-electron chi connectivity index (χ1n) is 4.63. The minimum absolute atomic E-state index is 0.0255. The Morgan fingerprint density at radius 2 is 2.25 bits per heavy atom. The molecular formula is C9H18N2O. The molecule has 1 rings (SSSR count). The number of nitrogens with one attached hydrogen (secondary N) is 2. The zero-order valence-electron chi connectivity index (χ0n) is 8.05. The van der Waals surface area contributed by atoms with Gasteiger partial charge in [0.05, 0.1) is 6.04 Å². The van der Waals surface area contributed by atoms with Crippen LogP contribution in [0.25, 0.3) is 0 Å². The number of piperazine rings is 1. The van der Waals surface area contributed by atoms with Gasteiger partial charge < -0.3 is 10.6 Å². The van der Waals surface area contributed by atoms with Gasteiger partial charge in [-0.15, -0.1) is 0 Å². The molecule has 0 aromatic rings. The molecule has 0 radical (unpaired) electrons. The molecule has 12 heavy (non-hydrogen) atoms. The second-order valence-electron chi connectivity index (χ2n) is 3.96. The van der Waals surface area contributed by atoms with Crippen molar-refractivity contribution in [3.63, 3.8) is 0 Å². The Morgan fingerprint density at radius 1 is 1.58 bits per heavy atom. The highest BCUT2D eigenvalue weighted by Crippen LogP contribution is 2.07. The summed E-state index contributed by atoms with van der Waals surface area (Å²) in [6, 6.07) is 0.431. The molecule has 3 nitrogen and oxygen atoms in total. The molecule has 1 aliphatic rings. The SMILES string of the molecule is CC(C)CC1CNC(=O)C(C)N1. The zero-order valence-corrected chi connectivity index (χ0v) is 8.05. The molecule has 1 fully saturated rings. The van der Waals surface area contributed by atoms with Crippen LogP contribution in [0.15, 0.2) is 0 Å². The topological polar surface area (TPSA) is 41.1 Å². The summed E-state index contributed by atoms with van der Waals surface area (Å²) >= 11 is 0. The van der Waals surface area contributed by atoms with Crippen LogP contribution in [0.4, 0.5) is 0 Å². The van der Waals surface area contributed by atoms with E-state index in [2.05, 4.69) is 24.5 Å². The highest BCUT2D eigenvalue weighted by atomic mass is 16.2. The summed E-state index contributed by atoms with van der Waals surface area (Å²) in [4.78, 5) is 11.1. The van der Waals surface area contributed by atoms with Crippen LogP contribution >= 0.6 is 0 Å². The minimum atomic E-state index is -0.0255. The van der Waals surface area contributed by atoms with E-state index in [1.54, 1.807) is 0 Å². The van der Waals surface area contributed by atoms with Gasteiger partial charge in [-0.1, -0.05) is 13.8 Å². The van der Waals surface area contributed by atoms with Gasteiger partial charge in [0.25, 0.3) is 0 Å². The number of rotatable bonds is 2. The Morgan fingerprint density at radius 3 is 2.75 bits per heavy atom. The number of amides is 1. The average Bonchev–Trinajstić information content (AvgIpc) is 1.96. The van der Waals surface area contributed by atoms with Crippen LogP contribution in [-0.2, 0) is 4.79 Å². The van der Waals surface area contributed by atoms with Gasteiger partial charge >= 0.3 is 0 Å². The molecule has 0 aliphatic carbocycles. The quantitative estimate of drug-likeness (QED) is 0.634. The van der Waals surface area contributed by atoms with Crippen molar-refractivity contribution in [1.29, 1.82) is 0 Å². The molecule has 0 aromatic carbocycles. The van der Waals surface area contributed by atoms with Gasteiger partial charge in [-0.2, -0.15) is 0 Å². The molecule has 1 aliphatic heterocycles. The Hall–Kier alpha value is -0.570. The Labute approximate surface area is 73.9 Å². The van der Waals surface area contributed by atoms with E-state index in [1.807, 2.05) is 6.92 Å². The van der Waals surface area contributed by atoms with Crippen molar-refractivity contribution in [2.75, 3.05) is 6.54 Å². The molecule has 1 saturated heterocycles. The lowest BCUT2D eigenvalue weighted by Gasteiger charge is -2.29. The molecule has 1 heterocycles. The maximum absolute atomic E-state index is 11.1. The van der Waals surface area contributed by atoms with E-state index in [9.17, 15) is 4.79 Å². The minimum Gasteiger partial charge on any atom is -0.353 e. The largest absolute Gasteiger partial charge is 0.353 e. The molecule has 2 atom stereocenters. The summed E-state index contributed by atoms with van der Waals surface area (Å²) in [7, 11) is 0. The first-order valence-corrected chi connectivity index (χ1v) is 4.63. The van der Waals surface area contributed by atoms with Gasteiger partial charge in [-0.3, -0.25) is 4.79 Å². The maximum atomic E-state index is 11.1. The lowest BCUT2D eigenvalue weighted by Crippen LogP contribution is -2.57. The van der Waals surface area contributed by atoms with E-state index < -0.39 is 0 Å². The lowest BCUT2D eigenvalue weighted by molar-refractivity contribution is -0.124. The zero-order chi connectivity index (χ0) is 9.14. The lowest BCUT2D eigenvalue weighted by atomic mass is 10.0. The fourth-order valence-electron chi connectivity index (χ4n) is 1.59. The van der Waals surface area contributed by atoms with Crippen LogP contribution < -0.4 is 10.6 Å². The molecule has 70 valence electrons. The summed E-state index contributed by atoms with van der Waals surface area (Å²) in [6.45, 7) is 7.08. The van der Waals surface area contributed by atoms with Gasteiger partial charge in [0.1, 0.15) is 0 Å². The van der Waals surface area contributed by atoms with Crippen LogP contribution in [0.2, 0.25) is 0 Å². The van der Waals surface area contributed by atoms with Crippen molar-refractivity contribution in [2.24, 2.45) is 5.92 Å². The molecule has 0 bridgehead atoms. The van der Waals surface area contributed by atoms with Gasteiger partial charge in [0.2, 0.25) is 5.91 Å². The van der Waals surface area contributed by atoms with Gasteiger partial charge in [-0.05, 0) is 19.3 Å². The van der Waals surface area contributed by atoms with Crippen LogP contribution in [0.1, 0.15) is 27.2 Å². The summed E-state index contributed by atoms with van der Waals surface area (Å²) in [5.41, 5.74) is 0. The fourth-order valence-corrected chi connectivity index (χ4v) is 1.59. The van der Waals surface area contributed by atoms with Crippen molar-refractivity contribution < 1.29 is 4.79 Å². The predicted molar refractivity (Wildman–Crippen MR) is 48.9 cm³/mol. The van der Waals surface area contributed by atoms with Crippen molar-refractivity contribution in [3.05, 3.63) is 0 Å². The first-order chi connectivity index (χ1) is 5.59. The van der Waals surface area contributed by atoms with Gasteiger partial charge in [0, 0.05) is 12.6 Å². The first kappa shape index (κ1) is 9.52. The second kappa shape index (κ2) is 3.90. The van der Waals surface area contributed by atoms with Gasteiger partial charge in [-0.25, -0.2) is 0 Å². The van der Waals surface area contributed by atoms with E-state index >= 15 is 0 Å². The Bertz CT molecular complexity index is 168. The highest BCUT2D eigenvalue weighted by Gasteiger charge is 2.23. The Balaban J connectivity index is 2.35. The summed E-state index contributed by atoms with van der Waals surface area (Å²) in [6.07, 6.45) is 1.13. The third kappa shape index (κ3) is 2.48. The number of hydrogen-bond donors (Lipinski definition) is 2. The molecule has 1 amide bonds. The van der Waals surface area contributed by atoms with E-state index in [-0.39, 0.29) is 11.9 Å². The summed E-state index contributed by atoms with van der Waals surface area (Å²) in [5, 5.41) is 6.17. The van der Waals surface area contributed by atoms with E-state index in [0.29, 0.717) is 12.0 Å². The maximum Gasteiger partial charge on any atom is 0.236 e. The Kier molecular flexibility index (Phi) is 3.09. The fraction of sp³-hybridized carbons (Fsp3) is 0.889. The van der Waals surface area contributed by atoms with E-state index in [0.717, 1.165) is 13.0 Å². The van der Waals surface area contributed by atoms with Crippen molar-refractivity contribution in [3.8, 4) is 0 Å².